The summed E-state index contributed by atoms with van der Waals surface area (Å²) in [5.74, 6) is 1.30. The van der Waals surface area contributed by atoms with Crippen molar-refractivity contribution in [1.29, 1.82) is 0 Å². The van der Waals surface area contributed by atoms with Gasteiger partial charge in [-0.05, 0) is 43.7 Å². The molecular formula is C15H19ClN6O. The number of rotatable bonds is 3. The molecule has 2 fully saturated rings. The van der Waals surface area contributed by atoms with Gasteiger partial charge in [-0.2, -0.15) is 4.52 Å². The van der Waals surface area contributed by atoms with E-state index in [4.69, 9.17) is 11.6 Å². The Morgan fingerprint density at radius 1 is 1.35 bits per heavy atom. The van der Waals surface area contributed by atoms with Gasteiger partial charge in [0.25, 0.3) is 0 Å². The van der Waals surface area contributed by atoms with Crippen molar-refractivity contribution >= 4 is 29.0 Å². The number of nitrogens with one attached hydrogen (secondary N) is 2. The summed E-state index contributed by atoms with van der Waals surface area (Å²) < 4.78 is 1.61. The fourth-order valence-electron chi connectivity index (χ4n) is 3.66. The smallest absolute Gasteiger partial charge is 0.225 e. The van der Waals surface area contributed by atoms with Gasteiger partial charge in [0.15, 0.2) is 5.65 Å². The zero-order valence-corrected chi connectivity index (χ0v) is 13.4. The second-order valence-corrected chi connectivity index (χ2v) is 7.07. The summed E-state index contributed by atoms with van der Waals surface area (Å²) in [7, 11) is 0. The predicted octanol–water partition coefficient (Wildman–Crippen LogP) is 1.45. The van der Waals surface area contributed by atoms with E-state index in [2.05, 4.69) is 25.9 Å². The first-order valence-corrected chi connectivity index (χ1v) is 8.48. The van der Waals surface area contributed by atoms with Crippen LogP contribution in [-0.2, 0) is 4.79 Å². The minimum Gasteiger partial charge on any atom is -0.368 e. The number of hydrogen-bond donors (Lipinski definition) is 2. The summed E-state index contributed by atoms with van der Waals surface area (Å²) in [6, 6.07) is 4.00. The molecule has 8 heteroatoms. The van der Waals surface area contributed by atoms with Crippen molar-refractivity contribution in [2.24, 2.45) is 11.8 Å². The molecule has 0 aromatic carbocycles. The van der Waals surface area contributed by atoms with E-state index in [-0.39, 0.29) is 17.2 Å². The Morgan fingerprint density at radius 3 is 3.17 bits per heavy atom. The minimum absolute atomic E-state index is 0.0448. The van der Waals surface area contributed by atoms with Crippen molar-refractivity contribution in [2.75, 3.05) is 11.9 Å². The van der Waals surface area contributed by atoms with Crippen molar-refractivity contribution < 1.29 is 4.79 Å². The van der Waals surface area contributed by atoms with E-state index >= 15 is 0 Å². The van der Waals surface area contributed by atoms with Crippen LogP contribution in [0.2, 0.25) is 0 Å². The first kappa shape index (κ1) is 14.7. The molecule has 2 aromatic rings. The maximum absolute atomic E-state index is 12.3. The number of nitrogens with zero attached hydrogens (tertiary/aromatic N) is 4. The molecule has 2 aliphatic rings. The quantitative estimate of drug-likeness (QED) is 0.830. The molecule has 4 atom stereocenters. The van der Waals surface area contributed by atoms with E-state index in [1.165, 1.54) is 0 Å². The SMILES string of the molecule is O=C1NC2CCC(Cl)CC2CC1CNc1ccc2nncn2n1. The maximum Gasteiger partial charge on any atom is 0.225 e. The van der Waals surface area contributed by atoms with Crippen LogP contribution in [0, 0.1) is 11.8 Å². The first-order valence-electron chi connectivity index (χ1n) is 8.04. The number of aromatic nitrogens is 4. The third-order valence-electron chi connectivity index (χ3n) is 4.90. The fourth-order valence-corrected chi connectivity index (χ4v) is 4.01. The lowest BCUT2D eigenvalue weighted by molar-refractivity contribution is -0.129. The highest BCUT2D eigenvalue weighted by molar-refractivity contribution is 6.20. The average Bonchev–Trinajstić information content (AvgIpc) is 3.01. The molecule has 1 amide bonds. The third-order valence-corrected chi connectivity index (χ3v) is 5.29. The summed E-state index contributed by atoms with van der Waals surface area (Å²) in [6.07, 6.45) is 5.43. The lowest BCUT2D eigenvalue weighted by atomic mass is 9.75. The number of halogens is 1. The highest BCUT2D eigenvalue weighted by Gasteiger charge is 2.38. The predicted molar refractivity (Wildman–Crippen MR) is 86.3 cm³/mol. The number of carbonyl (C=O) groups is 1. The van der Waals surface area contributed by atoms with Crippen LogP contribution in [0.5, 0.6) is 0 Å². The van der Waals surface area contributed by atoms with Gasteiger partial charge in [-0.25, -0.2) is 0 Å². The van der Waals surface area contributed by atoms with Crippen LogP contribution in [0.25, 0.3) is 5.65 Å². The molecular weight excluding hydrogens is 316 g/mol. The molecule has 122 valence electrons. The number of fused-ring (bicyclic) bond motifs is 2. The molecule has 1 aliphatic heterocycles. The summed E-state index contributed by atoms with van der Waals surface area (Å²) in [5.41, 5.74) is 0.698. The Hall–Kier alpha value is -1.89. The van der Waals surface area contributed by atoms with Gasteiger partial charge in [-0.1, -0.05) is 0 Å². The van der Waals surface area contributed by atoms with E-state index in [0.717, 1.165) is 25.7 Å². The van der Waals surface area contributed by atoms with Crippen molar-refractivity contribution in [1.82, 2.24) is 25.1 Å². The summed E-state index contributed by atoms with van der Waals surface area (Å²) in [6.45, 7) is 0.572. The first-order chi connectivity index (χ1) is 11.2. The number of alkyl halides is 1. The number of amides is 1. The summed E-state index contributed by atoms with van der Waals surface area (Å²) in [4.78, 5) is 12.3. The van der Waals surface area contributed by atoms with Crippen LogP contribution in [-0.4, -0.2) is 43.7 Å². The largest absolute Gasteiger partial charge is 0.368 e. The molecule has 2 aromatic heterocycles. The van der Waals surface area contributed by atoms with Gasteiger partial charge >= 0.3 is 0 Å². The average molecular weight is 335 g/mol. The van der Waals surface area contributed by atoms with Crippen molar-refractivity contribution in [3.8, 4) is 0 Å². The lowest BCUT2D eigenvalue weighted by Gasteiger charge is -2.41. The lowest BCUT2D eigenvalue weighted by Crippen LogP contribution is -2.53. The zero-order valence-electron chi connectivity index (χ0n) is 12.7. The molecule has 4 unspecified atom stereocenters. The number of anilines is 1. The Morgan fingerprint density at radius 2 is 2.26 bits per heavy atom. The van der Waals surface area contributed by atoms with E-state index < -0.39 is 0 Å². The maximum atomic E-state index is 12.3. The minimum atomic E-state index is -0.0448. The Bertz CT molecular complexity index is 719. The van der Waals surface area contributed by atoms with Gasteiger partial charge in [0.05, 0.1) is 5.92 Å². The van der Waals surface area contributed by atoms with Crippen molar-refractivity contribution in [3.63, 3.8) is 0 Å². The standard InChI is InChI=1S/C15H19ClN6O/c16-11-1-2-12-9(6-11)5-10(15(23)19-12)7-17-13-3-4-14-20-18-8-22(14)21-13/h3-4,8-12H,1-2,5-7H2,(H,17,21)(H,19,23). The van der Waals surface area contributed by atoms with E-state index in [0.29, 0.717) is 30.0 Å². The molecule has 0 radical (unpaired) electrons. The molecule has 1 saturated carbocycles. The molecule has 0 bridgehead atoms. The summed E-state index contributed by atoms with van der Waals surface area (Å²) in [5, 5.41) is 18.8. The van der Waals surface area contributed by atoms with E-state index in [1.54, 1.807) is 10.8 Å². The van der Waals surface area contributed by atoms with Gasteiger partial charge in [-0.15, -0.1) is 26.9 Å². The highest BCUT2D eigenvalue weighted by atomic mass is 35.5. The van der Waals surface area contributed by atoms with Crippen molar-refractivity contribution in [3.05, 3.63) is 18.5 Å². The Labute approximate surface area is 138 Å². The third kappa shape index (κ3) is 2.97. The number of hydrogen-bond acceptors (Lipinski definition) is 5. The molecule has 3 heterocycles. The van der Waals surface area contributed by atoms with E-state index in [9.17, 15) is 4.79 Å². The van der Waals surface area contributed by atoms with Crippen LogP contribution in [0.3, 0.4) is 0 Å². The van der Waals surface area contributed by atoms with Crippen LogP contribution < -0.4 is 10.6 Å². The summed E-state index contributed by atoms with van der Waals surface area (Å²) >= 11 is 6.29. The normalized spacial score (nSPS) is 30.7. The van der Waals surface area contributed by atoms with Crippen LogP contribution in [0.15, 0.2) is 18.5 Å². The molecule has 23 heavy (non-hydrogen) atoms. The highest BCUT2D eigenvalue weighted by Crippen LogP contribution is 2.35. The van der Waals surface area contributed by atoms with Crippen molar-refractivity contribution in [2.45, 2.75) is 37.1 Å². The Kier molecular flexibility index (Phi) is 3.80. The van der Waals surface area contributed by atoms with Gasteiger partial charge in [-0.3, -0.25) is 4.79 Å². The molecule has 1 saturated heterocycles. The topological polar surface area (TPSA) is 84.2 Å². The van der Waals surface area contributed by atoms with Crippen LogP contribution >= 0.6 is 11.6 Å². The molecule has 4 rings (SSSR count). The number of piperidine rings is 1. The van der Waals surface area contributed by atoms with E-state index in [1.807, 2.05) is 12.1 Å². The molecule has 7 nitrogen and oxygen atoms in total. The molecule has 0 spiro atoms. The van der Waals surface area contributed by atoms with Gasteiger partial charge in [0.1, 0.15) is 12.1 Å². The second kappa shape index (κ2) is 5.96. The van der Waals surface area contributed by atoms with Gasteiger partial charge in [0.2, 0.25) is 5.91 Å². The van der Waals surface area contributed by atoms with Gasteiger partial charge in [0, 0.05) is 18.0 Å². The molecule has 2 N–H and O–H groups in total. The monoisotopic (exact) mass is 334 g/mol. The van der Waals surface area contributed by atoms with Gasteiger partial charge < -0.3 is 10.6 Å². The fraction of sp³-hybridized carbons (Fsp3) is 0.600. The van der Waals surface area contributed by atoms with Crippen LogP contribution in [0.1, 0.15) is 25.7 Å². The zero-order chi connectivity index (χ0) is 15.8. The Balaban J connectivity index is 1.40. The second-order valence-electron chi connectivity index (χ2n) is 6.45. The van der Waals surface area contributed by atoms with Crippen LogP contribution in [0.4, 0.5) is 5.82 Å². The molecule has 1 aliphatic carbocycles. The number of carbonyl (C=O) groups excluding carboxylic acids is 1.